The lowest BCUT2D eigenvalue weighted by molar-refractivity contribution is -0.224. The molecule has 0 radical (unpaired) electrons. The van der Waals surface area contributed by atoms with Gasteiger partial charge >= 0.3 is 5.97 Å². The number of hydrogen-bond acceptors (Lipinski definition) is 3. The van der Waals surface area contributed by atoms with Gasteiger partial charge in [0.1, 0.15) is 6.10 Å². The summed E-state index contributed by atoms with van der Waals surface area (Å²) < 4.78 is 7.10. The van der Waals surface area contributed by atoms with E-state index in [1.54, 1.807) is 17.7 Å². The number of fused-ring (bicyclic) bond motifs is 7. The Labute approximate surface area is 248 Å². The number of esters is 1. The Balaban J connectivity index is 1.39. The van der Waals surface area contributed by atoms with Gasteiger partial charge in [0.15, 0.2) is 0 Å². The monoisotopic (exact) mass is 604 g/mol. The molecule has 214 valence electrons. The summed E-state index contributed by atoms with van der Waals surface area (Å²) in [6, 6.07) is 11.9. The molecule has 4 heteroatoms. The van der Waals surface area contributed by atoms with Gasteiger partial charge in [0, 0.05) is 4.47 Å². The van der Waals surface area contributed by atoms with Gasteiger partial charge in [-0.15, -0.1) is 0 Å². The summed E-state index contributed by atoms with van der Waals surface area (Å²) in [5.74, 6) is 0.481. The molecular weight excluding hydrogens is 560 g/mol. The average molecular weight is 606 g/mol. The zero-order valence-electron chi connectivity index (χ0n) is 25.2. The van der Waals surface area contributed by atoms with Crippen LogP contribution >= 0.6 is 15.9 Å². The number of halogens is 1. The Morgan fingerprint density at radius 1 is 0.975 bits per heavy atom. The van der Waals surface area contributed by atoms with Crippen molar-refractivity contribution in [1.29, 1.82) is 0 Å². The number of aliphatic hydroxyl groups is 1. The molecule has 0 aromatic heterocycles. The largest absolute Gasteiger partial charge is 0.456 e. The van der Waals surface area contributed by atoms with Crippen LogP contribution in [0.25, 0.3) is 5.57 Å². The molecular formula is C36H45BrO3. The highest BCUT2D eigenvalue weighted by atomic mass is 79.9. The van der Waals surface area contributed by atoms with Gasteiger partial charge in [-0.25, -0.2) is 4.79 Å². The molecule has 2 fully saturated rings. The van der Waals surface area contributed by atoms with Crippen LogP contribution in [-0.4, -0.2) is 23.3 Å². The fourth-order valence-corrected chi connectivity index (χ4v) is 10.4. The van der Waals surface area contributed by atoms with Gasteiger partial charge in [0.05, 0.1) is 11.7 Å². The number of hydrogen-bond donors (Lipinski definition) is 1. The summed E-state index contributed by atoms with van der Waals surface area (Å²) in [5.41, 5.74) is 7.78. The molecule has 0 bridgehead atoms. The van der Waals surface area contributed by atoms with Crippen LogP contribution in [0, 0.1) is 47.3 Å². The van der Waals surface area contributed by atoms with Crippen LogP contribution in [0.5, 0.6) is 0 Å². The molecule has 4 aliphatic rings. The van der Waals surface area contributed by atoms with Crippen molar-refractivity contribution in [2.24, 2.45) is 33.5 Å². The first-order valence-corrected chi connectivity index (χ1v) is 16.0. The quantitative estimate of drug-likeness (QED) is 0.348. The third-order valence-electron chi connectivity index (χ3n) is 12.7. The van der Waals surface area contributed by atoms with Crippen LogP contribution in [-0.2, 0) is 11.2 Å². The summed E-state index contributed by atoms with van der Waals surface area (Å²) in [6.45, 7) is 16.5. The SMILES string of the molecule is Cc1ccc2c(c1C)C1=CC[C@@H]3[C@@]4(C)C[C@@H](OC(=O)c5ccc(Br)cc5)[C@H](O)C(C)(C)[C@@H]4CC[C@@]3(C)[C@]1(C)CC2. The van der Waals surface area contributed by atoms with E-state index < -0.39 is 12.2 Å². The molecule has 0 aliphatic heterocycles. The van der Waals surface area contributed by atoms with Crippen molar-refractivity contribution in [3.8, 4) is 0 Å². The average Bonchev–Trinajstić information content (AvgIpc) is 2.90. The van der Waals surface area contributed by atoms with E-state index in [9.17, 15) is 9.90 Å². The van der Waals surface area contributed by atoms with Gasteiger partial charge in [0.2, 0.25) is 0 Å². The maximum Gasteiger partial charge on any atom is 0.338 e. The number of carbonyl (C=O) groups is 1. The van der Waals surface area contributed by atoms with Crippen LogP contribution in [0.4, 0.5) is 0 Å². The van der Waals surface area contributed by atoms with Crippen molar-refractivity contribution in [2.75, 3.05) is 0 Å². The fourth-order valence-electron chi connectivity index (χ4n) is 10.1. The van der Waals surface area contributed by atoms with Crippen molar-refractivity contribution in [3.63, 3.8) is 0 Å². The molecule has 7 atom stereocenters. The molecule has 0 saturated heterocycles. The number of allylic oxidation sites excluding steroid dienone is 2. The number of ether oxygens (including phenoxy) is 1. The van der Waals surface area contributed by atoms with E-state index in [4.69, 9.17) is 4.74 Å². The number of aliphatic hydroxyl groups excluding tert-OH is 1. The predicted molar refractivity (Wildman–Crippen MR) is 165 cm³/mol. The molecule has 0 unspecified atom stereocenters. The molecule has 2 aromatic carbocycles. The van der Waals surface area contributed by atoms with Gasteiger partial charge in [-0.05, 0) is 138 Å². The molecule has 3 nitrogen and oxygen atoms in total. The highest BCUT2D eigenvalue weighted by molar-refractivity contribution is 9.10. The van der Waals surface area contributed by atoms with Gasteiger partial charge in [-0.2, -0.15) is 0 Å². The van der Waals surface area contributed by atoms with Gasteiger partial charge < -0.3 is 9.84 Å². The molecule has 0 heterocycles. The lowest BCUT2D eigenvalue weighted by atomic mass is 9.35. The van der Waals surface area contributed by atoms with E-state index in [0.717, 1.165) is 23.7 Å². The summed E-state index contributed by atoms with van der Waals surface area (Å²) in [7, 11) is 0. The maximum absolute atomic E-state index is 13.2. The number of carbonyl (C=O) groups excluding carboxylic acids is 1. The van der Waals surface area contributed by atoms with Crippen molar-refractivity contribution in [3.05, 3.63) is 74.8 Å². The van der Waals surface area contributed by atoms with Crippen LogP contribution in [0.3, 0.4) is 0 Å². The highest BCUT2D eigenvalue weighted by Gasteiger charge is 2.67. The molecule has 6 rings (SSSR count). The van der Waals surface area contributed by atoms with Gasteiger partial charge in [0.25, 0.3) is 0 Å². The topological polar surface area (TPSA) is 46.5 Å². The summed E-state index contributed by atoms with van der Waals surface area (Å²) in [6.07, 6.45) is 7.71. The van der Waals surface area contributed by atoms with Crippen LogP contribution in [0.2, 0.25) is 0 Å². The summed E-state index contributed by atoms with van der Waals surface area (Å²) in [4.78, 5) is 13.2. The van der Waals surface area contributed by atoms with E-state index in [-0.39, 0.29) is 27.6 Å². The summed E-state index contributed by atoms with van der Waals surface area (Å²) >= 11 is 3.45. The standard InChI is InChI=1S/C36H45BrO3/c1-21-8-9-23-16-18-35(6)26(30(23)22(21)2)14-15-29-34(5)20-27(40-32(39)24-10-12-25(37)13-11-24)31(38)33(3,4)28(34)17-19-36(29,35)7/h8-14,27-29,31,38H,15-20H2,1-7H3/t27-,28+,29-,31+,34+,35-,36-/m1/s1. The molecule has 2 aromatic rings. The molecule has 4 aliphatic carbocycles. The first-order chi connectivity index (χ1) is 18.7. The van der Waals surface area contributed by atoms with Crippen LogP contribution in [0.1, 0.15) is 99.3 Å². The third-order valence-corrected chi connectivity index (χ3v) is 13.2. The lowest BCUT2D eigenvalue weighted by Crippen LogP contribution is -2.66. The lowest BCUT2D eigenvalue weighted by Gasteiger charge is -2.69. The number of aryl methyl sites for hydroxylation is 2. The van der Waals surface area contributed by atoms with Crippen molar-refractivity contribution >= 4 is 27.5 Å². The molecule has 1 N–H and O–H groups in total. The minimum absolute atomic E-state index is 0.0483. The normalized spacial score (nSPS) is 37.8. The smallest absolute Gasteiger partial charge is 0.338 e. The van der Waals surface area contributed by atoms with Gasteiger partial charge in [-0.1, -0.05) is 68.8 Å². The maximum atomic E-state index is 13.2. The fraction of sp³-hybridized carbons (Fsp3) is 0.583. The molecule has 0 spiro atoms. The zero-order valence-corrected chi connectivity index (χ0v) is 26.8. The minimum atomic E-state index is -0.688. The number of benzene rings is 2. The van der Waals surface area contributed by atoms with E-state index in [2.05, 4.69) is 82.6 Å². The second-order valence-corrected chi connectivity index (χ2v) is 15.6. The van der Waals surface area contributed by atoms with Crippen molar-refractivity contribution in [2.45, 2.75) is 99.2 Å². The molecule has 0 amide bonds. The van der Waals surface area contributed by atoms with Crippen LogP contribution in [0.15, 0.2) is 46.9 Å². The van der Waals surface area contributed by atoms with Crippen LogP contribution < -0.4 is 0 Å². The summed E-state index contributed by atoms with van der Waals surface area (Å²) in [5, 5.41) is 11.7. The third kappa shape index (κ3) is 3.80. The Morgan fingerprint density at radius 2 is 1.68 bits per heavy atom. The minimum Gasteiger partial charge on any atom is -0.456 e. The Kier molecular flexibility index (Phi) is 6.56. The predicted octanol–water partition coefficient (Wildman–Crippen LogP) is 8.86. The molecule has 2 saturated carbocycles. The van der Waals surface area contributed by atoms with Crippen molar-refractivity contribution in [1.82, 2.24) is 0 Å². The Morgan fingerprint density at radius 3 is 2.38 bits per heavy atom. The van der Waals surface area contributed by atoms with E-state index >= 15 is 0 Å². The second kappa shape index (κ2) is 9.30. The molecule has 40 heavy (non-hydrogen) atoms. The second-order valence-electron chi connectivity index (χ2n) is 14.7. The Hall–Kier alpha value is -1.91. The van der Waals surface area contributed by atoms with Crippen molar-refractivity contribution < 1.29 is 14.6 Å². The van der Waals surface area contributed by atoms with Gasteiger partial charge in [-0.3, -0.25) is 0 Å². The van der Waals surface area contributed by atoms with E-state index in [1.807, 2.05) is 12.1 Å². The van der Waals surface area contributed by atoms with E-state index in [0.29, 0.717) is 23.8 Å². The highest BCUT2D eigenvalue weighted by Crippen LogP contribution is 2.73. The first kappa shape index (κ1) is 28.2. The Bertz CT molecular complexity index is 1390. The van der Waals surface area contributed by atoms with E-state index in [1.165, 1.54) is 35.1 Å². The first-order valence-electron chi connectivity index (χ1n) is 15.2. The zero-order chi connectivity index (χ0) is 28.8. The number of rotatable bonds is 2.